The summed E-state index contributed by atoms with van der Waals surface area (Å²) in [4.78, 5) is 14.8. The van der Waals surface area contributed by atoms with Crippen molar-refractivity contribution in [3.8, 4) is 0 Å². The van der Waals surface area contributed by atoms with Crippen LogP contribution in [0.4, 0.5) is 5.13 Å². The summed E-state index contributed by atoms with van der Waals surface area (Å²) in [6.07, 6.45) is 0. The Hall–Kier alpha value is -1.15. The van der Waals surface area contributed by atoms with Crippen molar-refractivity contribution in [2.24, 2.45) is 0 Å². The largest absolute Gasteiger partial charge is 0.478 e. The lowest BCUT2D eigenvalue weighted by molar-refractivity contribution is -0.106. The van der Waals surface area contributed by atoms with Crippen LogP contribution in [0.1, 0.15) is 0 Å². The maximum Gasteiger partial charge on any atom is 0.281 e. The molecule has 0 bridgehead atoms. The number of hydrogen-bond donors (Lipinski definition) is 2. The third kappa shape index (κ3) is 2.67. The lowest BCUT2D eigenvalue weighted by Crippen LogP contribution is -2.10. The topological polar surface area (TPSA) is 102 Å². The van der Waals surface area contributed by atoms with Crippen molar-refractivity contribution in [2.45, 2.75) is 5.16 Å². The number of rotatable bonds is 1. The second-order valence-corrected chi connectivity index (χ2v) is 3.56. The maximum atomic E-state index is 11.0. The maximum absolute atomic E-state index is 11.0. The van der Waals surface area contributed by atoms with E-state index in [-0.39, 0.29) is 5.16 Å². The summed E-state index contributed by atoms with van der Waals surface area (Å²) < 4.78 is 8.19. The number of nitrogens with one attached hydrogen (secondary N) is 1. The predicted molar refractivity (Wildman–Crippen MR) is 49.9 cm³/mol. The van der Waals surface area contributed by atoms with Crippen molar-refractivity contribution < 1.29 is 9.53 Å². The molecule has 0 spiro atoms. The second kappa shape index (κ2) is 4.19. The van der Waals surface area contributed by atoms with Crippen molar-refractivity contribution in [1.29, 1.82) is 5.41 Å². The molecule has 0 aromatic carbocycles. The van der Waals surface area contributed by atoms with Crippen molar-refractivity contribution in [3.05, 3.63) is 0 Å². The van der Waals surface area contributed by atoms with Crippen LogP contribution < -0.4 is 5.73 Å². The highest BCUT2D eigenvalue weighted by molar-refractivity contribution is 8.15. The molecule has 1 aromatic rings. The smallest absolute Gasteiger partial charge is 0.281 e. The number of nitrogens with zero attached hydrogens (tertiary/aromatic N) is 2. The highest BCUT2D eigenvalue weighted by Gasteiger charge is 2.14. The molecule has 1 heterocycles. The Kier molecular flexibility index (Phi) is 3.20. The molecule has 0 aliphatic rings. The minimum absolute atomic E-state index is 0.245. The van der Waals surface area contributed by atoms with Gasteiger partial charge >= 0.3 is 0 Å². The van der Waals surface area contributed by atoms with Gasteiger partial charge in [-0.05, 0) is 11.8 Å². The summed E-state index contributed by atoms with van der Waals surface area (Å²) in [6.45, 7) is 0. The van der Waals surface area contributed by atoms with Gasteiger partial charge in [0.05, 0.1) is 7.11 Å². The second-order valence-electron chi connectivity index (χ2n) is 1.84. The van der Waals surface area contributed by atoms with Crippen molar-refractivity contribution in [3.63, 3.8) is 0 Å². The van der Waals surface area contributed by atoms with Crippen LogP contribution in [0.3, 0.4) is 0 Å². The third-order valence-electron chi connectivity index (χ3n) is 0.997. The van der Waals surface area contributed by atoms with Crippen molar-refractivity contribution >= 4 is 39.4 Å². The van der Waals surface area contributed by atoms with Gasteiger partial charge in [0, 0.05) is 11.5 Å². The van der Waals surface area contributed by atoms with E-state index in [1.54, 1.807) is 0 Å². The Morgan fingerprint density at radius 2 is 2.46 bits per heavy atom. The number of thioether (sulfide) groups is 1. The summed E-state index contributed by atoms with van der Waals surface area (Å²) in [5.41, 5.74) is 5.30. The third-order valence-corrected chi connectivity index (χ3v) is 2.39. The molecule has 13 heavy (non-hydrogen) atoms. The standard InChI is InChI=1S/C5H6N4O2S2/c1-11-2(6)3(10)12-5-8-4(7)13-9-5/h6H,1H3,(H2,7,8,9). The Bertz CT molecular complexity index is 337. The van der Waals surface area contributed by atoms with Gasteiger partial charge in [-0.1, -0.05) is 0 Å². The molecule has 3 N–H and O–H groups in total. The lowest BCUT2D eigenvalue weighted by atomic mass is 10.7. The summed E-state index contributed by atoms with van der Waals surface area (Å²) in [6, 6.07) is 0. The van der Waals surface area contributed by atoms with Crippen LogP contribution >= 0.6 is 23.3 Å². The van der Waals surface area contributed by atoms with E-state index in [9.17, 15) is 4.79 Å². The molecule has 1 aromatic heterocycles. The van der Waals surface area contributed by atoms with E-state index < -0.39 is 11.0 Å². The number of ether oxygens (including phenoxy) is 1. The number of anilines is 1. The number of hydrogen-bond acceptors (Lipinski definition) is 8. The van der Waals surface area contributed by atoms with E-state index in [1.165, 1.54) is 7.11 Å². The average molecular weight is 218 g/mol. The molecular weight excluding hydrogens is 212 g/mol. The van der Waals surface area contributed by atoms with Crippen molar-refractivity contribution in [2.75, 3.05) is 12.8 Å². The predicted octanol–water partition coefficient (Wildman–Crippen LogP) is 0.363. The Morgan fingerprint density at radius 1 is 1.77 bits per heavy atom. The lowest BCUT2D eigenvalue weighted by Gasteiger charge is -1.96. The zero-order valence-corrected chi connectivity index (χ0v) is 8.24. The highest BCUT2D eigenvalue weighted by Crippen LogP contribution is 2.18. The number of nitrogen functional groups attached to an aromatic ring is 1. The van der Waals surface area contributed by atoms with Gasteiger partial charge < -0.3 is 10.5 Å². The number of carbonyl (C=O) groups is 1. The fourth-order valence-electron chi connectivity index (χ4n) is 0.475. The van der Waals surface area contributed by atoms with Crippen LogP contribution in [0.2, 0.25) is 0 Å². The van der Waals surface area contributed by atoms with Crippen LogP contribution in [-0.2, 0) is 9.53 Å². The molecule has 0 saturated heterocycles. The summed E-state index contributed by atoms with van der Waals surface area (Å²) in [5.74, 6) is -0.432. The van der Waals surface area contributed by atoms with E-state index in [4.69, 9.17) is 11.1 Å². The first-order valence-electron chi connectivity index (χ1n) is 3.07. The van der Waals surface area contributed by atoms with E-state index in [2.05, 4.69) is 14.1 Å². The highest BCUT2D eigenvalue weighted by atomic mass is 32.2. The number of aromatic nitrogens is 2. The van der Waals surface area contributed by atoms with E-state index in [1.807, 2.05) is 0 Å². The molecule has 0 aliphatic heterocycles. The molecule has 0 aliphatic carbocycles. The minimum Gasteiger partial charge on any atom is -0.478 e. The average Bonchev–Trinajstić information content (AvgIpc) is 2.49. The van der Waals surface area contributed by atoms with Crippen LogP contribution in [0.15, 0.2) is 5.16 Å². The van der Waals surface area contributed by atoms with Gasteiger partial charge in [0.2, 0.25) is 10.3 Å². The Labute approximate surface area is 82.2 Å². The van der Waals surface area contributed by atoms with Crippen LogP contribution in [0.5, 0.6) is 0 Å². The summed E-state index contributed by atoms with van der Waals surface area (Å²) in [7, 11) is 1.25. The molecule has 8 heteroatoms. The molecule has 0 saturated carbocycles. The molecule has 1 rings (SSSR count). The number of methoxy groups -OCH3 is 1. The van der Waals surface area contributed by atoms with Crippen LogP contribution in [0.25, 0.3) is 0 Å². The van der Waals surface area contributed by atoms with Crippen LogP contribution in [-0.4, -0.2) is 27.5 Å². The van der Waals surface area contributed by atoms with Gasteiger partial charge in [-0.25, -0.2) is 0 Å². The summed E-state index contributed by atoms with van der Waals surface area (Å²) in [5, 5.41) is 7.02. The monoisotopic (exact) mass is 218 g/mol. The molecule has 0 fully saturated rings. The minimum atomic E-state index is -0.541. The number of nitrogens with two attached hydrogens (primary N) is 1. The van der Waals surface area contributed by atoms with Crippen molar-refractivity contribution in [1.82, 2.24) is 9.36 Å². The zero-order valence-electron chi connectivity index (χ0n) is 6.60. The fourth-order valence-corrected chi connectivity index (χ4v) is 1.62. The number of carbonyl (C=O) groups excluding carboxylic acids is 1. The molecule has 0 atom stereocenters. The van der Waals surface area contributed by atoms with Gasteiger partial charge in [-0.15, -0.1) is 0 Å². The first-order valence-corrected chi connectivity index (χ1v) is 4.66. The molecule has 6 nitrogen and oxygen atoms in total. The summed E-state index contributed by atoms with van der Waals surface area (Å²) >= 11 is 1.71. The van der Waals surface area contributed by atoms with Crippen LogP contribution in [0, 0.1) is 5.41 Å². The molecule has 0 amide bonds. The first-order chi connectivity index (χ1) is 6.13. The van der Waals surface area contributed by atoms with Gasteiger partial charge in [-0.3, -0.25) is 10.2 Å². The van der Waals surface area contributed by atoms with Gasteiger partial charge in [0.25, 0.3) is 11.0 Å². The van der Waals surface area contributed by atoms with E-state index in [0.717, 1.165) is 11.5 Å². The van der Waals surface area contributed by atoms with E-state index in [0.29, 0.717) is 16.9 Å². The molecule has 70 valence electrons. The first kappa shape index (κ1) is 9.93. The van der Waals surface area contributed by atoms with Gasteiger partial charge in [0.15, 0.2) is 0 Å². The Balaban J connectivity index is 2.60. The SMILES string of the molecule is COC(=N)C(=O)Sc1nsc(N)n1. The zero-order chi connectivity index (χ0) is 9.84. The van der Waals surface area contributed by atoms with Gasteiger partial charge in [-0.2, -0.15) is 9.36 Å². The fraction of sp³-hybridized carbons (Fsp3) is 0.200. The Morgan fingerprint density at radius 3 is 2.92 bits per heavy atom. The van der Waals surface area contributed by atoms with E-state index >= 15 is 0 Å². The molecule has 0 radical (unpaired) electrons. The molecule has 0 unspecified atom stereocenters. The van der Waals surface area contributed by atoms with Gasteiger partial charge in [0.1, 0.15) is 0 Å². The quantitative estimate of drug-likeness (QED) is 0.401. The normalized spacial score (nSPS) is 9.62. The molecular formula is C5H6N4O2S2.